The summed E-state index contributed by atoms with van der Waals surface area (Å²) in [6, 6.07) is -0.666. The number of unbranched alkanes of at least 4 members (excludes halogenated alkanes) is 1. The summed E-state index contributed by atoms with van der Waals surface area (Å²) >= 11 is 3.05. The second-order valence-corrected chi connectivity index (χ2v) is 5.57. The number of carbonyl (C=O) groups is 2. The molecule has 6 heteroatoms. The average Bonchev–Trinajstić information content (AvgIpc) is 2.35. The van der Waals surface area contributed by atoms with Crippen LogP contribution in [0.1, 0.15) is 33.1 Å². The van der Waals surface area contributed by atoms with Gasteiger partial charge >= 0.3 is 6.03 Å². The van der Waals surface area contributed by atoms with Crippen molar-refractivity contribution < 1.29 is 9.59 Å². The predicted octanol–water partition coefficient (Wildman–Crippen LogP) is 3.04. The molecular weight excluding hydrogens is 268 g/mol. The van der Waals surface area contributed by atoms with E-state index in [0.29, 0.717) is 18.5 Å². The van der Waals surface area contributed by atoms with Gasteiger partial charge in [0.2, 0.25) is 0 Å². The number of hydrogen-bond donors (Lipinski definition) is 1. The fourth-order valence-corrected chi connectivity index (χ4v) is 3.13. The van der Waals surface area contributed by atoms with Gasteiger partial charge in [-0.2, -0.15) is 0 Å². The quantitative estimate of drug-likeness (QED) is 0.732. The molecule has 0 aliphatic rings. The standard InChI is InChI=1S/C12H22N2O2S2/c1-5-7-8-14(12(13)16)10(15)9(6-2)11(17-3)18-4/h5-8H2,1-4H3,(H2,13,16). The van der Waals surface area contributed by atoms with Gasteiger partial charge in [0.05, 0.1) is 0 Å². The summed E-state index contributed by atoms with van der Waals surface area (Å²) in [5, 5.41) is 0. The van der Waals surface area contributed by atoms with Gasteiger partial charge in [-0.25, -0.2) is 4.79 Å². The second kappa shape index (κ2) is 9.33. The molecule has 0 aromatic carbocycles. The number of urea groups is 1. The minimum Gasteiger partial charge on any atom is -0.351 e. The zero-order valence-electron chi connectivity index (χ0n) is 11.5. The summed E-state index contributed by atoms with van der Waals surface area (Å²) in [6.07, 6.45) is 6.15. The molecule has 0 aromatic rings. The van der Waals surface area contributed by atoms with Crippen LogP contribution in [0.4, 0.5) is 4.79 Å². The number of hydrogen-bond acceptors (Lipinski definition) is 4. The van der Waals surface area contributed by atoms with E-state index in [4.69, 9.17) is 5.73 Å². The number of rotatable bonds is 7. The molecule has 0 heterocycles. The van der Waals surface area contributed by atoms with Crippen LogP contribution in [0.2, 0.25) is 0 Å². The van der Waals surface area contributed by atoms with Gasteiger partial charge < -0.3 is 5.73 Å². The summed E-state index contributed by atoms with van der Waals surface area (Å²) < 4.78 is 0.949. The topological polar surface area (TPSA) is 63.4 Å². The van der Waals surface area contributed by atoms with E-state index < -0.39 is 6.03 Å². The second-order valence-electron chi connectivity index (χ2n) is 3.68. The minimum absolute atomic E-state index is 0.253. The van der Waals surface area contributed by atoms with Crippen molar-refractivity contribution >= 4 is 35.5 Å². The van der Waals surface area contributed by atoms with Gasteiger partial charge in [0.1, 0.15) is 0 Å². The van der Waals surface area contributed by atoms with Crippen molar-refractivity contribution in [3.05, 3.63) is 9.81 Å². The first-order chi connectivity index (χ1) is 8.53. The van der Waals surface area contributed by atoms with Crippen LogP contribution in [0, 0.1) is 0 Å². The SMILES string of the molecule is CCCCN(C(N)=O)C(=O)C(CC)=C(SC)SC. The highest BCUT2D eigenvalue weighted by atomic mass is 32.2. The number of nitrogens with zero attached hydrogens (tertiary/aromatic N) is 1. The third-order valence-electron chi connectivity index (χ3n) is 2.48. The number of thioether (sulfide) groups is 2. The molecule has 0 unspecified atom stereocenters. The van der Waals surface area contributed by atoms with E-state index in [-0.39, 0.29) is 5.91 Å². The summed E-state index contributed by atoms with van der Waals surface area (Å²) in [5.41, 5.74) is 5.96. The van der Waals surface area contributed by atoms with Gasteiger partial charge in [-0.15, -0.1) is 23.5 Å². The van der Waals surface area contributed by atoms with Crippen LogP contribution in [0.3, 0.4) is 0 Å². The Morgan fingerprint density at radius 3 is 2.06 bits per heavy atom. The van der Waals surface area contributed by atoms with Gasteiger partial charge in [0.15, 0.2) is 0 Å². The van der Waals surface area contributed by atoms with Crippen LogP contribution in [0.25, 0.3) is 0 Å². The maximum absolute atomic E-state index is 12.3. The lowest BCUT2D eigenvalue weighted by Gasteiger charge is -2.20. The number of carbonyl (C=O) groups excluding carboxylic acids is 2. The molecule has 0 aromatic heterocycles. The van der Waals surface area contributed by atoms with Crippen LogP contribution in [0.5, 0.6) is 0 Å². The predicted molar refractivity (Wildman–Crippen MR) is 80.6 cm³/mol. The third-order valence-corrected chi connectivity index (χ3v) is 4.71. The largest absolute Gasteiger partial charge is 0.351 e. The van der Waals surface area contributed by atoms with Crippen molar-refractivity contribution in [1.82, 2.24) is 4.90 Å². The Morgan fingerprint density at radius 2 is 1.72 bits per heavy atom. The van der Waals surface area contributed by atoms with Crippen molar-refractivity contribution in [3.8, 4) is 0 Å². The highest BCUT2D eigenvalue weighted by molar-refractivity contribution is 8.21. The molecule has 0 atom stereocenters. The van der Waals surface area contributed by atoms with E-state index in [9.17, 15) is 9.59 Å². The molecule has 0 rings (SSSR count). The number of amides is 3. The third kappa shape index (κ3) is 4.94. The average molecular weight is 290 g/mol. The molecule has 4 nitrogen and oxygen atoms in total. The van der Waals surface area contributed by atoms with E-state index in [0.717, 1.165) is 22.0 Å². The van der Waals surface area contributed by atoms with Crippen molar-refractivity contribution in [2.24, 2.45) is 5.73 Å². The van der Waals surface area contributed by atoms with E-state index in [1.807, 2.05) is 26.4 Å². The lowest BCUT2D eigenvalue weighted by Crippen LogP contribution is -2.42. The molecule has 3 amide bonds. The Bertz CT molecular complexity index is 324. The molecule has 0 aliphatic heterocycles. The Hall–Kier alpha value is -0.620. The van der Waals surface area contributed by atoms with Crippen molar-refractivity contribution in [1.29, 1.82) is 0 Å². The lowest BCUT2D eigenvalue weighted by molar-refractivity contribution is -0.124. The maximum atomic E-state index is 12.3. The first-order valence-corrected chi connectivity index (χ1v) is 8.40. The van der Waals surface area contributed by atoms with Gasteiger partial charge in [-0.05, 0) is 25.4 Å². The molecule has 104 valence electrons. The molecule has 0 bridgehead atoms. The van der Waals surface area contributed by atoms with E-state index in [2.05, 4.69) is 0 Å². The molecule has 0 fully saturated rings. The van der Waals surface area contributed by atoms with Crippen LogP contribution in [-0.4, -0.2) is 35.9 Å². The number of imide groups is 1. The molecule has 0 spiro atoms. The first kappa shape index (κ1) is 17.4. The maximum Gasteiger partial charge on any atom is 0.321 e. The Kier molecular flexibility index (Phi) is 9.01. The van der Waals surface area contributed by atoms with Crippen LogP contribution in [0.15, 0.2) is 9.81 Å². The molecule has 0 saturated heterocycles. The van der Waals surface area contributed by atoms with E-state index >= 15 is 0 Å². The monoisotopic (exact) mass is 290 g/mol. The Balaban J connectivity index is 5.15. The van der Waals surface area contributed by atoms with Crippen LogP contribution < -0.4 is 5.73 Å². The van der Waals surface area contributed by atoms with Gasteiger partial charge in [0.25, 0.3) is 5.91 Å². The zero-order valence-corrected chi connectivity index (χ0v) is 13.1. The van der Waals surface area contributed by atoms with Crippen LogP contribution >= 0.6 is 23.5 Å². The molecule has 2 N–H and O–H groups in total. The molecule has 0 aliphatic carbocycles. The fraction of sp³-hybridized carbons (Fsp3) is 0.667. The highest BCUT2D eigenvalue weighted by Gasteiger charge is 2.23. The lowest BCUT2D eigenvalue weighted by atomic mass is 10.2. The number of nitrogens with two attached hydrogens (primary N) is 1. The van der Waals surface area contributed by atoms with Crippen LogP contribution in [-0.2, 0) is 4.79 Å². The minimum atomic E-state index is -0.666. The normalized spacial score (nSPS) is 10.0. The summed E-state index contributed by atoms with van der Waals surface area (Å²) in [7, 11) is 0. The fourth-order valence-electron chi connectivity index (χ4n) is 1.50. The highest BCUT2D eigenvalue weighted by Crippen LogP contribution is 2.30. The van der Waals surface area contributed by atoms with E-state index in [1.54, 1.807) is 0 Å². The Morgan fingerprint density at radius 1 is 1.17 bits per heavy atom. The zero-order chi connectivity index (χ0) is 14.1. The number of primary amides is 1. The van der Waals surface area contributed by atoms with E-state index in [1.165, 1.54) is 23.5 Å². The van der Waals surface area contributed by atoms with Crippen molar-refractivity contribution in [2.75, 3.05) is 19.1 Å². The van der Waals surface area contributed by atoms with Gasteiger partial charge in [-0.3, -0.25) is 9.69 Å². The van der Waals surface area contributed by atoms with Crippen molar-refractivity contribution in [2.45, 2.75) is 33.1 Å². The molecule has 0 saturated carbocycles. The summed E-state index contributed by atoms with van der Waals surface area (Å²) in [5.74, 6) is -0.253. The first-order valence-electron chi connectivity index (χ1n) is 5.95. The smallest absolute Gasteiger partial charge is 0.321 e. The Labute approximate surface area is 118 Å². The molecular formula is C12H22N2O2S2. The summed E-state index contributed by atoms with van der Waals surface area (Å²) in [6.45, 7) is 4.32. The molecule has 18 heavy (non-hydrogen) atoms. The van der Waals surface area contributed by atoms with Gasteiger partial charge in [-0.1, -0.05) is 20.3 Å². The molecule has 0 radical (unpaired) electrons. The summed E-state index contributed by atoms with van der Waals surface area (Å²) in [4.78, 5) is 24.8. The van der Waals surface area contributed by atoms with Gasteiger partial charge in [0, 0.05) is 16.4 Å². The van der Waals surface area contributed by atoms with Crippen molar-refractivity contribution in [3.63, 3.8) is 0 Å².